The van der Waals surface area contributed by atoms with Crippen molar-refractivity contribution in [2.24, 2.45) is 0 Å². The maximum Gasteiger partial charge on any atom is 0.190 e. The average Bonchev–Trinajstić information content (AvgIpc) is 2.22. The van der Waals surface area contributed by atoms with Crippen LogP contribution in [-0.4, -0.2) is 11.9 Å². The molecular weight excluding hydrogens is 291 g/mol. The van der Waals surface area contributed by atoms with Gasteiger partial charge >= 0.3 is 0 Å². The van der Waals surface area contributed by atoms with Gasteiger partial charge < -0.3 is 0 Å². The largest absolute Gasteiger partial charge is 0.190 e. The predicted molar refractivity (Wildman–Crippen MR) is 85.1 cm³/mol. The summed E-state index contributed by atoms with van der Waals surface area (Å²) in [6.07, 6.45) is 8.09. The Morgan fingerprint density at radius 2 is 1.47 bits per heavy atom. The van der Waals surface area contributed by atoms with E-state index in [2.05, 4.69) is 26.8 Å². The second-order valence-electron chi connectivity index (χ2n) is 5.33. The Morgan fingerprint density at radius 3 is 1.82 bits per heavy atom. The molecule has 0 aromatic carbocycles. The van der Waals surface area contributed by atoms with E-state index in [1.54, 1.807) is 0 Å². The first kappa shape index (κ1) is 18.1. The maximum atomic E-state index is 5.79. The average molecular weight is 317 g/mol. The second kappa shape index (κ2) is 9.06. The predicted octanol–water partition coefficient (Wildman–Crippen LogP) is 6.63. The molecule has 0 saturated heterocycles. The molecule has 0 amide bonds. The molecule has 0 heterocycles. The Kier molecular flexibility index (Phi) is 9.64. The van der Waals surface area contributed by atoms with Crippen LogP contribution in [0.25, 0.3) is 0 Å². The van der Waals surface area contributed by atoms with Gasteiger partial charge in [-0.05, 0) is 12.8 Å². The highest BCUT2D eigenvalue weighted by atomic mass is 35.6. The van der Waals surface area contributed by atoms with Crippen molar-refractivity contribution in [3.05, 3.63) is 6.42 Å². The van der Waals surface area contributed by atoms with Gasteiger partial charge in [0.1, 0.15) is 0 Å². The van der Waals surface area contributed by atoms with Gasteiger partial charge in [0.2, 0.25) is 0 Å². The number of hydrogen-bond donors (Lipinski definition) is 0. The highest BCUT2D eigenvalue weighted by Crippen LogP contribution is 2.34. The summed E-state index contributed by atoms with van der Waals surface area (Å²) in [6.45, 7) is 7.03. The zero-order valence-corrected chi connectivity index (χ0v) is 14.6. The lowest BCUT2D eigenvalue weighted by atomic mass is 10.4. The van der Waals surface area contributed by atoms with Crippen molar-refractivity contribution in [2.75, 3.05) is 0 Å². The molecule has 0 aromatic rings. The van der Waals surface area contributed by atoms with E-state index >= 15 is 0 Å². The first-order valence-corrected chi connectivity index (χ1v) is 11.0. The molecule has 1 radical (unpaired) electrons. The smallest absolute Gasteiger partial charge is 0.0837 e. The quantitative estimate of drug-likeness (QED) is 0.331. The molecule has 0 spiro atoms. The molecule has 0 unspecified atom stereocenters. The van der Waals surface area contributed by atoms with Crippen molar-refractivity contribution in [1.82, 2.24) is 0 Å². The van der Waals surface area contributed by atoms with Crippen molar-refractivity contribution in [2.45, 2.75) is 74.4 Å². The van der Waals surface area contributed by atoms with E-state index in [1.165, 1.54) is 43.8 Å². The van der Waals surface area contributed by atoms with Gasteiger partial charge in [-0.1, -0.05) is 99.0 Å². The highest BCUT2D eigenvalue weighted by Gasteiger charge is 2.27. The SMILES string of the molecule is CCCC[Si](C)(C[CH]CC(Cl)(Cl)Cl)CCCC. The van der Waals surface area contributed by atoms with Crippen molar-refractivity contribution < 1.29 is 0 Å². The Bertz CT molecular complexity index is 182. The lowest BCUT2D eigenvalue weighted by Crippen LogP contribution is -2.30. The fourth-order valence-electron chi connectivity index (χ4n) is 2.12. The van der Waals surface area contributed by atoms with Crippen molar-refractivity contribution in [1.29, 1.82) is 0 Å². The van der Waals surface area contributed by atoms with Gasteiger partial charge in [-0.2, -0.15) is 0 Å². The number of rotatable bonds is 9. The monoisotopic (exact) mass is 315 g/mol. The molecular formula is C13H26Cl3Si. The Balaban J connectivity index is 4.08. The fraction of sp³-hybridized carbons (Fsp3) is 0.923. The third kappa shape index (κ3) is 10.7. The number of unbranched alkanes of at least 4 members (excludes halogenated alkanes) is 2. The normalized spacial score (nSPS) is 13.1. The zero-order valence-electron chi connectivity index (χ0n) is 11.4. The van der Waals surface area contributed by atoms with Crippen molar-refractivity contribution >= 4 is 42.9 Å². The molecule has 103 valence electrons. The molecule has 0 fully saturated rings. The topological polar surface area (TPSA) is 0 Å². The summed E-state index contributed by atoms with van der Waals surface area (Å²) in [6, 6.07) is 4.03. The molecule has 4 heteroatoms. The van der Waals surface area contributed by atoms with Crippen LogP contribution in [0.4, 0.5) is 0 Å². The molecule has 0 atom stereocenters. The van der Waals surface area contributed by atoms with Crippen LogP contribution in [-0.2, 0) is 0 Å². The molecule has 0 aromatic heterocycles. The molecule has 0 aliphatic heterocycles. The number of hydrogen-bond acceptors (Lipinski definition) is 0. The summed E-state index contributed by atoms with van der Waals surface area (Å²) < 4.78 is -1.11. The summed E-state index contributed by atoms with van der Waals surface area (Å²) in [5.74, 6) is 0. The minimum atomic E-state index is -1.12. The van der Waals surface area contributed by atoms with Crippen LogP contribution in [0.3, 0.4) is 0 Å². The Labute approximate surface area is 123 Å². The maximum absolute atomic E-state index is 5.79. The molecule has 0 nitrogen and oxygen atoms in total. The van der Waals surface area contributed by atoms with Gasteiger partial charge in [-0.15, -0.1) is 0 Å². The first-order valence-electron chi connectivity index (χ1n) is 6.71. The van der Waals surface area contributed by atoms with E-state index in [0.29, 0.717) is 6.42 Å². The van der Waals surface area contributed by atoms with Crippen molar-refractivity contribution in [3.8, 4) is 0 Å². The lowest BCUT2D eigenvalue weighted by molar-refractivity contribution is 0.820. The van der Waals surface area contributed by atoms with E-state index in [9.17, 15) is 0 Å². The van der Waals surface area contributed by atoms with Crippen molar-refractivity contribution in [3.63, 3.8) is 0 Å². The molecule has 0 aliphatic rings. The van der Waals surface area contributed by atoms with E-state index in [-0.39, 0.29) is 0 Å². The summed E-state index contributed by atoms with van der Waals surface area (Å²) >= 11 is 17.4. The number of halogens is 3. The highest BCUT2D eigenvalue weighted by molar-refractivity contribution is 6.79. The van der Waals surface area contributed by atoms with E-state index in [4.69, 9.17) is 34.8 Å². The molecule has 0 bridgehead atoms. The Hall–Kier alpha value is 1.09. The minimum absolute atomic E-state index is 0.582. The van der Waals surface area contributed by atoms with Crippen LogP contribution in [0, 0.1) is 6.42 Å². The summed E-state index contributed by atoms with van der Waals surface area (Å²) in [5, 5.41) is 0. The standard InChI is InChI=1S/C13H26Cl3Si/c1-4-6-10-17(3,11-7-5-2)12-8-9-13(14,15)16/h8H,4-7,9-12H2,1-3H3. The lowest BCUT2D eigenvalue weighted by Gasteiger charge is -2.28. The first-order chi connectivity index (χ1) is 7.83. The van der Waals surface area contributed by atoms with Crippen LogP contribution in [0.15, 0.2) is 0 Å². The van der Waals surface area contributed by atoms with Gasteiger partial charge in [-0.3, -0.25) is 0 Å². The molecule has 0 rings (SSSR count). The molecule has 0 N–H and O–H groups in total. The van der Waals surface area contributed by atoms with E-state index < -0.39 is 11.9 Å². The molecule has 0 aliphatic carbocycles. The third-order valence-electron chi connectivity index (χ3n) is 3.28. The summed E-state index contributed by atoms with van der Waals surface area (Å²) in [4.78, 5) is 0. The third-order valence-corrected chi connectivity index (χ3v) is 8.14. The fourth-order valence-corrected chi connectivity index (χ4v) is 6.36. The van der Waals surface area contributed by atoms with Gasteiger partial charge in [0.25, 0.3) is 0 Å². The second-order valence-corrected chi connectivity index (χ2v) is 12.9. The summed E-state index contributed by atoms with van der Waals surface area (Å²) in [5.41, 5.74) is 0. The van der Waals surface area contributed by atoms with Gasteiger partial charge in [0, 0.05) is 0 Å². The van der Waals surface area contributed by atoms with Crippen LogP contribution in [0.1, 0.15) is 46.0 Å². The molecule has 17 heavy (non-hydrogen) atoms. The summed E-state index contributed by atoms with van der Waals surface area (Å²) in [7, 11) is -1.12. The van der Waals surface area contributed by atoms with Gasteiger partial charge in [-0.25, -0.2) is 0 Å². The molecule has 0 saturated carbocycles. The van der Waals surface area contributed by atoms with Crippen LogP contribution < -0.4 is 0 Å². The number of alkyl halides is 3. The van der Waals surface area contributed by atoms with Gasteiger partial charge in [0.15, 0.2) is 3.79 Å². The van der Waals surface area contributed by atoms with E-state index in [1.807, 2.05) is 0 Å². The van der Waals surface area contributed by atoms with Gasteiger partial charge in [0.05, 0.1) is 8.07 Å². The van der Waals surface area contributed by atoms with Crippen LogP contribution >= 0.6 is 34.8 Å². The van der Waals surface area contributed by atoms with E-state index in [0.717, 1.165) is 0 Å². The Morgan fingerprint density at radius 1 is 1.00 bits per heavy atom. The van der Waals surface area contributed by atoms with Crippen LogP contribution in [0.5, 0.6) is 0 Å². The zero-order chi connectivity index (χ0) is 13.4. The van der Waals surface area contributed by atoms with Crippen LogP contribution in [0.2, 0.25) is 24.7 Å². The minimum Gasteiger partial charge on any atom is -0.0837 e.